The Morgan fingerprint density at radius 3 is 2.58 bits per heavy atom. The lowest BCUT2D eigenvalue weighted by Crippen LogP contribution is -2.47. The fraction of sp³-hybridized carbons (Fsp3) is 0.615. The number of piperazine rings is 1. The molecule has 0 radical (unpaired) electrons. The topological polar surface area (TPSA) is 66.7 Å². The first-order chi connectivity index (χ1) is 9.04. The van der Waals surface area contributed by atoms with Crippen LogP contribution in [0.1, 0.15) is 13.8 Å². The van der Waals surface area contributed by atoms with Crippen LogP contribution >= 0.6 is 0 Å². The van der Waals surface area contributed by atoms with E-state index in [1.54, 1.807) is 0 Å². The second-order valence-corrected chi connectivity index (χ2v) is 5.16. The van der Waals surface area contributed by atoms with Crippen molar-refractivity contribution in [3.05, 3.63) is 12.1 Å². The summed E-state index contributed by atoms with van der Waals surface area (Å²) in [7, 11) is 2.13. The van der Waals surface area contributed by atoms with E-state index in [1.165, 1.54) is 0 Å². The minimum Gasteiger partial charge on any atom is -0.473 e. The first-order valence-corrected chi connectivity index (χ1v) is 6.68. The number of aromatic nitrogens is 1. The van der Waals surface area contributed by atoms with E-state index in [1.807, 2.05) is 26.0 Å². The molecule has 0 saturated carbocycles. The number of nitrogens with two attached hydrogens (primary N) is 1. The summed E-state index contributed by atoms with van der Waals surface area (Å²) >= 11 is 0. The predicted molar refractivity (Wildman–Crippen MR) is 77.1 cm³/mol. The molecular weight excluding hydrogens is 242 g/mol. The van der Waals surface area contributed by atoms with Gasteiger partial charge in [0.05, 0.1) is 11.8 Å². The molecule has 1 saturated heterocycles. The molecule has 106 valence electrons. The number of ether oxygens (including phenoxy) is 1. The highest BCUT2D eigenvalue weighted by atomic mass is 16.5. The largest absolute Gasteiger partial charge is 0.473 e. The Balaban J connectivity index is 2.00. The average molecular weight is 265 g/mol. The number of rotatable bonds is 4. The zero-order valence-corrected chi connectivity index (χ0v) is 11.9. The molecule has 1 aromatic heterocycles. The SMILES string of the molecule is CC(C)Oc1nc(NN2CCN(C)CC2)ccc1N. The third kappa shape index (κ3) is 3.97. The highest BCUT2D eigenvalue weighted by Gasteiger charge is 2.14. The quantitative estimate of drug-likeness (QED) is 0.847. The molecule has 0 spiro atoms. The number of nitrogens with one attached hydrogen (secondary N) is 1. The smallest absolute Gasteiger partial charge is 0.239 e. The lowest BCUT2D eigenvalue weighted by atomic mass is 10.3. The van der Waals surface area contributed by atoms with Crippen LogP contribution < -0.4 is 15.9 Å². The number of hydrazine groups is 1. The van der Waals surface area contributed by atoms with Gasteiger partial charge in [0, 0.05) is 26.2 Å². The molecule has 2 heterocycles. The first kappa shape index (κ1) is 13.9. The van der Waals surface area contributed by atoms with Gasteiger partial charge in [-0.15, -0.1) is 0 Å². The minimum absolute atomic E-state index is 0.0636. The van der Waals surface area contributed by atoms with Gasteiger partial charge in [-0.2, -0.15) is 4.98 Å². The molecule has 6 heteroatoms. The molecule has 1 aliphatic rings. The van der Waals surface area contributed by atoms with Crippen molar-refractivity contribution in [3.8, 4) is 5.88 Å². The summed E-state index contributed by atoms with van der Waals surface area (Å²) < 4.78 is 5.59. The molecular formula is C13H23N5O. The normalized spacial score (nSPS) is 17.7. The van der Waals surface area contributed by atoms with Crippen molar-refractivity contribution < 1.29 is 4.74 Å². The maximum atomic E-state index is 5.85. The van der Waals surface area contributed by atoms with Gasteiger partial charge in [0.2, 0.25) is 5.88 Å². The van der Waals surface area contributed by atoms with Gasteiger partial charge in [0.25, 0.3) is 0 Å². The van der Waals surface area contributed by atoms with Gasteiger partial charge in [-0.05, 0) is 33.0 Å². The van der Waals surface area contributed by atoms with Crippen molar-refractivity contribution in [2.24, 2.45) is 0 Å². The van der Waals surface area contributed by atoms with Crippen LogP contribution in [0.2, 0.25) is 0 Å². The van der Waals surface area contributed by atoms with E-state index in [9.17, 15) is 0 Å². The highest BCUT2D eigenvalue weighted by molar-refractivity contribution is 5.53. The Morgan fingerprint density at radius 1 is 1.26 bits per heavy atom. The molecule has 19 heavy (non-hydrogen) atoms. The molecule has 1 aliphatic heterocycles. The summed E-state index contributed by atoms with van der Waals surface area (Å²) in [4.78, 5) is 6.72. The number of hydrogen-bond acceptors (Lipinski definition) is 6. The van der Waals surface area contributed by atoms with Crippen LogP contribution in [0, 0.1) is 0 Å². The molecule has 0 atom stereocenters. The van der Waals surface area contributed by atoms with Gasteiger partial charge >= 0.3 is 0 Å². The highest BCUT2D eigenvalue weighted by Crippen LogP contribution is 2.22. The predicted octanol–water partition coefficient (Wildman–Crippen LogP) is 1.03. The van der Waals surface area contributed by atoms with E-state index < -0.39 is 0 Å². The Hall–Kier alpha value is -1.53. The number of pyridine rings is 1. The minimum atomic E-state index is 0.0636. The fourth-order valence-corrected chi connectivity index (χ4v) is 1.91. The molecule has 2 rings (SSSR count). The van der Waals surface area contributed by atoms with E-state index in [0.29, 0.717) is 11.6 Å². The summed E-state index contributed by atoms with van der Waals surface area (Å²) in [6.45, 7) is 7.98. The van der Waals surface area contributed by atoms with Crippen LogP contribution in [0.15, 0.2) is 12.1 Å². The maximum Gasteiger partial charge on any atom is 0.239 e. The van der Waals surface area contributed by atoms with Crippen LogP contribution in [0.25, 0.3) is 0 Å². The molecule has 0 aromatic carbocycles. The van der Waals surface area contributed by atoms with Gasteiger partial charge in [0.1, 0.15) is 5.82 Å². The summed E-state index contributed by atoms with van der Waals surface area (Å²) in [6, 6.07) is 3.70. The monoisotopic (exact) mass is 265 g/mol. The van der Waals surface area contributed by atoms with E-state index in [2.05, 4.69) is 27.4 Å². The van der Waals surface area contributed by atoms with E-state index in [0.717, 1.165) is 32.0 Å². The molecule has 0 bridgehead atoms. The van der Waals surface area contributed by atoms with Crippen molar-refractivity contribution in [1.82, 2.24) is 14.9 Å². The van der Waals surface area contributed by atoms with Crippen molar-refractivity contribution in [3.63, 3.8) is 0 Å². The summed E-state index contributed by atoms with van der Waals surface area (Å²) in [5, 5.41) is 2.16. The molecule has 0 amide bonds. The molecule has 0 unspecified atom stereocenters. The molecule has 3 N–H and O–H groups in total. The van der Waals surface area contributed by atoms with Gasteiger partial charge in [-0.3, -0.25) is 0 Å². The third-order valence-electron chi connectivity index (χ3n) is 3.01. The molecule has 0 aliphatic carbocycles. The van der Waals surface area contributed by atoms with Crippen molar-refractivity contribution in [2.45, 2.75) is 20.0 Å². The lowest BCUT2D eigenvalue weighted by Gasteiger charge is -2.32. The Morgan fingerprint density at radius 2 is 1.95 bits per heavy atom. The second kappa shape index (κ2) is 6.08. The number of anilines is 2. The average Bonchev–Trinajstić information content (AvgIpc) is 2.36. The van der Waals surface area contributed by atoms with Gasteiger partial charge < -0.3 is 20.8 Å². The van der Waals surface area contributed by atoms with Crippen LogP contribution in [-0.4, -0.2) is 54.2 Å². The summed E-state index contributed by atoms with van der Waals surface area (Å²) in [6.07, 6.45) is 0.0636. The summed E-state index contributed by atoms with van der Waals surface area (Å²) in [5.74, 6) is 1.27. The van der Waals surface area contributed by atoms with Crippen LogP contribution in [0.3, 0.4) is 0 Å². The van der Waals surface area contributed by atoms with Gasteiger partial charge in [-0.1, -0.05) is 0 Å². The lowest BCUT2D eigenvalue weighted by molar-refractivity contribution is 0.178. The van der Waals surface area contributed by atoms with E-state index >= 15 is 0 Å². The first-order valence-electron chi connectivity index (χ1n) is 6.68. The Labute approximate surface area is 114 Å². The van der Waals surface area contributed by atoms with Crippen molar-refractivity contribution in [1.29, 1.82) is 0 Å². The van der Waals surface area contributed by atoms with Crippen LogP contribution in [0.4, 0.5) is 11.5 Å². The van der Waals surface area contributed by atoms with Crippen molar-refractivity contribution >= 4 is 11.5 Å². The standard InChI is InChI=1S/C13H23N5O/c1-10(2)19-13-11(14)4-5-12(15-13)16-18-8-6-17(3)7-9-18/h4-5,10H,6-9,14H2,1-3H3,(H,15,16). The van der Waals surface area contributed by atoms with Crippen molar-refractivity contribution in [2.75, 3.05) is 44.4 Å². The zero-order valence-electron chi connectivity index (χ0n) is 11.9. The van der Waals surface area contributed by atoms with Crippen LogP contribution in [-0.2, 0) is 0 Å². The fourth-order valence-electron chi connectivity index (χ4n) is 1.91. The van der Waals surface area contributed by atoms with Gasteiger partial charge in [-0.25, -0.2) is 5.01 Å². The van der Waals surface area contributed by atoms with E-state index in [4.69, 9.17) is 10.5 Å². The molecule has 1 aromatic rings. The van der Waals surface area contributed by atoms with E-state index in [-0.39, 0.29) is 6.10 Å². The van der Waals surface area contributed by atoms with Crippen LogP contribution in [0.5, 0.6) is 5.88 Å². The second-order valence-electron chi connectivity index (χ2n) is 5.16. The summed E-state index contributed by atoms with van der Waals surface area (Å²) in [5.41, 5.74) is 9.72. The number of nitrogens with zero attached hydrogens (tertiary/aromatic N) is 3. The zero-order chi connectivity index (χ0) is 13.8. The van der Waals surface area contributed by atoms with Gasteiger partial charge in [0.15, 0.2) is 0 Å². The third-order valence-corrected chi connectivity index (χ3v) is 3.01. The molecule has 1 fully saturated rings. The maximum absolute atomic E-state index is 5.85. The Bertz CT molecular complexity index is 415. The Kier molecular flexibility index (Phi) is 4.44. The molecule has 6 nitrogen and oxygen atoms in total. The number of likely N-dealkylation sites (N-methyl/N-ethyl adjacent to an activating group) is 1. The number of hydrogen-bond donors (Lipinski definition) is 2. The number of nitrogen functional groups attached to an aromatic ring is 1.